The summed E-state index contributed by atoms with van der Waals surface area (Å²) in [6.07, 6.45) is -3.79. The maximum absolute atomic E-state index is 13.7. The first-order valence-electron chi connectivity index (χ1n) is 9.30. The lowest BCUT2D eigenvalue weighted by Gasteiger charge is -2.19. The molecule has 1 saturated heterocycles. The van der Waals surface area contributed by atoms with E-state index in [1.54, 1.807) is 10.9 Å². The number of aliphatic hydroxyl groups excluding tert-OH is 2. The third kappa shape index (κ3) is 4.66. The molecule has 0 radical (unpaired) electrons. The Bertz CT molecular complexity index is 1000. The summed E-state index contributed by atoms with van der Waals surface area (Å²) in [4.78, 5) is 13.2. The summed E-state index contributed by atoms with van der Waals surface area (Å²) >= 11 is 0. The Hall–Kier alpha value is -2.83. The largest absolute Gasteiger partial charge is 0.417 e. The number of benzene rings is 1. The highest BCUT2D eigenvalue weighted by molar-refractivity contribution is 5.94. The van der Waals surface area contributed by atoms with Crippen LogP contribution in [0.3, 0.4) is 0 Å². The van der Waals surface area contributed by atoms with Gasteiger partial charge in [0.2, 0.25) is 0 Å². The number of hydrogen-bond donors (Lipinski definition) is 2. The van der Waals surface area contributed by atoms with Gasteiger partial charge in [-0.25, -0.2) is 0 Å². The molecular weight excluding hydrogens is 399 g/mol. The summed E-state index contributed by atoms with van der Waals surface area (Å²) in [7, 11) is 0. The zero-order chi connectivity index (χ0) is 22.3. The second-order valence-corrected chi connectivity index (χ2v) is 8.20. The molecule has 1 aromatic heterocycles. The van der Waals surface area contributed by atoms with E-state index in [1.807, 2.05) is 20.8 Å². The molecule has 1 aliphatic rings. The lowest BCUT2D eigenvalue weighted by atomic mass is 9.99. The van der Waals surface area contributed by atoms with E-state index in [2.05, 4.69) is 16.9 Å². The summed E-state index contributed by atoms with van der Waals surface area (Å²) in [5.74, 6) is 4.05. The van der Waals surface area contributed by atoms with Crippen LogP contribution in [0.15, 0.2) is 30.6 Å². The standard InChI is InChI=1S/C21H22F3N3O3/c1-20(2,3)27-10-14(9-25-27)15-6-4-13(8-16(15)21(22,23)24)5-7-19(30)26-11-17(28)18(29)12-26/h4,6,8-10,17-18,28-29H,11-12H2,1-3H3/t17-,18+. The van der Waals surface area contributed by atoms with Gasteiger partial charge in [-0.15, -0.1) is 0 Å². The molecular formula is C21H22F3N3O3. The van der Waals surface area contributed by atoms with Crippen molar-refractivity contribution in [2.75, 3.05) is 13.1 Å². The van der Waals surface area contributed by atoms with Crippen LogP contribution >= 0.6 is 0 Å². The third-order valence-electron chi connectivity index (χ3n) is 4.77. The van der Waals surface area contributed by atoms with Crippen molar-refractivity contribution >= 4 is 5.91 Å². The van der Waals surface area contributed by atoms with E-state index in [-0.39, 0.29) is 29.8 Å². The molecule has 2 aromatic rings. The number of aromatic nitrogens is 2. The average molecular weight is 421 g/mol. The van der Waals surface area contributed by atoms with Gasteiger partial charge in [0.25, 0.3) is 5.91 Å². The molecule has 3 rings (SSSR count). The molecule has 160 valence electrons. The summed E-state index contributed by atoms with van der Waals surface area (Å²) in [5, 5.41) is 23.1. The Morgan fingerprint density at radius 1 is 1.17 bits per heavy atom. The smallest absolute Gasteiger partial charge is 0.388 e. The highest BCUT2D eigenvalue weighted by atomic mass is 19.4. The number of amides is 1. The lowest BCUT2D eigenvalue weighted by molar-refractivity contribution is -0.137. The molecule has 9 heteroatoms. The van der Waals surface area contributed by atoms with Crippen LogP contribution in [0.25, 0.3) is 11.1 Å². The minimum atomic E-state index is -4.62. The molecule has 6 nitrogen and oxygen atoms in total. The number of rotatable bonds is 1. The quantitative estimate of drug-likeness (QED) is 0.693. The van der Waals surface area contributed by atoms with E-state index >= 15 is 0 Å². The first kappa shape index (κ1) is 21.9. The van der Waals surface area contributed by atoms with Gasteiger partial charge in [-0.1, -0.05) is 12.0 Å². The number of β-amino-alcohol motifs (C(OH)–C–C–N with tert-alkyl or cyclic N) is 2. The van der Waals surface area contributed by atoms with Gasteiger partial charge in [-0.2, -0.15) is 18.3 Å². The zero-order valence-corrected chi connectivity index (χ0v) is 16.7. The first-order chi connectivity index (χ1) is 13.9. The highest BCUT2D eigenvalue weighted by Crippen LogP contribution is 2.37. The summed E-state index contributed by atoms with van der Waals surface area (Å²) in [6.45, 7) is 5.53. The number of likely N-dealkylation sites (tertiary alicyclic amines) is 1. The van der Waals surface area contributed by atoms with Crippen molar-refractivity contribution in [3.63, 3.8) is 0 Å². The van der Waals surface area contributed by atoms with Crippen molar-refractivity contribution in [3.8, 4) is 23.0 Å². The van der Waals surface area contributed by atoms with E-state index in [1.165, 1.54) is 18.3 Å². The average Bonchev–Trinajstić information content (AvgIpc) is 3.26. The molecule has 1 aliphatic heterocycles. The minimum Gasteiger partial charge on any atom is -0.388 e. The Balaban J connectivity index is 1.91. The van der Waals surface area contributed by atoms with Crippen molar-refractivity contribution in [1.29, 1.82) is 0 Å². The molecule has 0 spiro atoms. The highest BCUT2D eigenvalue weighted by Gasteiger charge is 2.35. The van der Waals surface area contributed by atoms with Gasteiger partial charge in [0, 0.05) is 23.2 Å². The Morgan fingerprint density at radius 3 is 2.33 bits per heavy atom. The van der Waals surface area contributed by atoms with Gasteiger partial charge >= 0.3 is 6.18 Å². The van der Waals surface area contributed by atoms with E-state index < -0.39 is 29.9 Å². The Labute approximate surface area is 171 Å². The topological polar surface area (TPSA) is 78.6 Å². The number of carbonyl (C=O) groups is 1. The molecule has 30 heavy (non-hydrogen) atoms. The van der Waals surface area contributed by atoms with Crippen molar-refractivity contribution < 1.29 is 28.2 Å². The number of hydrogen-bond acceptors (Lipinski definition) is 4. The maximum atomic E-state index is 13.7. The fraction of sp³-hybridized carbons (Fsp3) is 0.429. The van der Waals surface area contributed by atoms with Gasteiger partial charge in [-0.05, 0) is 38.5 Å². The molecule has 2 heterocycles. The number of nitrogens with zero attached hydrogens (tertiary/aromatic N) is 3. The van der Waals surface area contributed by atoms with Crippen LogP contribution in [-0.2, 0) is 16.5 Å². The van der Waals surface area contributed by atoms with Crippen molar-refractivity contribution in [2.24, 2.45) is 0 Å². The second kappa shape index (κ2) is 7.78. The van der Waals surface area contributed by atoms with Crippen LogP contribution in [-0.4, -0.2) is 56.1 Å². The molecule has 1 aromatic carbocycles. The molecule has 0 unspecified atom stereocenters. The van der Waals surface area contributed by atoms with Crippen molar-refractivity contribution in [3.05, 3.63) is 41.7 Å². The van der Waals surface area contributed by atoms with Crippen LogP contribution in [0.1, 0.15) is 31.9 Å². The van der Waals surface area contributed by atoms with Crippen molar-refractivity contribution in [2.45, 2.75) is 44.7 Å². The van der Waals surface area contributed by atoms with Gasteiger partial charge in [-0.3, -0.25) is 9.48 Å². The van der Waals surface area contributed by atoms with Crippen LogP contribution in [0.4, 0.5) is 13.2 Å². The third-order valence-corrected chi connectivity index (χ3v) is 4.77. The lowest BCUT2D eigenvalue weighted by Crippen LogP contribution is -2.28. The molecule has 2 atom stereocenters. The molecule has 0 saturated carbocycles. The Kier molecular flexibility index (Phi) is 5.67. The minimum absolute atomic E-state index is 0.0272. The van der Waals surface area contributed by atoms with Gasteiger partial charge in [0.05, 0.1) is 42.6 Å². The predicted octanol–water partition coefficient (Wildman–Crippen LogP) is 2.24. The summed E-state index contributed by atoms with van der Waals surface area (Å²) < 4.78 is 42.6. The monoisotopic (exact) mass is 421 g/mol. The van der Waals surface area contributed by atoms with Crippen LogP contribution < -0.4 is 0 Å². The Morgan fingerprint density at radius 2 is 1.80 bits per heavy atom. The number of aliphatic hydroxyl groups is 2. The zero-order valence-electron chi connectivity index (χ0n) is 16.7. The SMILES string of the molecule is CC(C)(C)n1cc(-c2ccc(C#CC(=O)N3C[C@@H](O)[C@@H](O)C3)cc2C(F)(F)F)cn1. The number of carbonyl (C=O) groups excluding carboxylic acids is 1. The van der Waals surface area contributed by atoms with Crippen LogP contribution in [0, 0.1) is 11.8 Å². The van der Waals surface area contributed by atoms with Gasteiger partial charge < -0.3 is 15.1 Å². The van der Waals surface area contributed by atoms with E-state index in [4.69, 9.17) is 0 Å². The normalized spacial score (nSPS) is 19.5. The summed E-state index contributed by atoms with van der Waals surface area (Å²) in [6, 6.07) is 3.62. The van der Waals surface area contributed by atoms with Gasteiger partial charge in [0.15, 0.2) is 0 Å². The van der Waals surface area contributed by atoms with Gasteiger partial charge in [0.1, 0.15) is 0 Å². The molecule has 1 amide bonds. The molecule has 0 bridgehead atoms. The molecule has 0 aliphatic carbocycles. The van der Waals surface area contributed by atoms with E-state index in [0.29, 0.717) is 5.56 Å². The van der Waals surface area contributed by atoms with Crippen LogP contribution in [0.2, 0.25) is 0 Å². The number of alkyl halides is 3. The predicted molar refractivity (Wildman–Crippen MR) is 103 cm³/mol. The van der Waals surface area contributed by atoms with E-state index in [9.17, 15) is 28.2 Å². The van der Waals surface area contributed by atoms with Crippen LogP contribution in [0.5, 0.6) is 0 Å². The van der Waals surface area contributed by atoms with E-state index in [0.717, 1.165) is 11.0 Å². The van der Waals surface area contributed by atoms with Crippen molar-refractivity contribution in [1.82, 2.24) is 14.7 Å². The summed E-state index contributed by atoms with van der Waals surface area (Å²) in [5.41, 5.74) is -0.919. The molecule has 1 fully saturated rings. The first-order valence-corrected chi connectivity index (χ1v) is 9.30. The fourth-order valence-electron chi connectivity index (χ4n) is 3.08. The fourth-order valence-corrected chi connectivity index (χ4v) is 3.08. The maximum Gasteiger partial charge on any atom is 0.417 e. The number of halogens is 3. The molecule has 2 N–H and O–H groups in total. The second-order valence-electron chi connectivity index (χ2n) is 8.20.